The lowest BCUT2D eigenvalue weighted by atomic mass is 9.97. The Balaban J connectivity index is 2.86. The van der Waals surface area contributed by atoms with Crippen molar-refractivity contribution in [2.75, 3.05) is 6.54 Å². The summed E-state index contributed by atoms with van der Waals surface area (Å²) in [7, 11) is -3.81. The van der Waals surface area contributed by atoms with Gasteiger partial charge in [-0.15, -0.1) is 0 Å². The minimum Gasteiger partial charge on any atom is -0.391 e. The van der Waals surface area contributed by atoms with Gasteiger partial charge < -0.3 is 5.11 Å². The highest BCUT2D eigenvalue weighted by molar-refractivity contribution is 7.89. The molecule has 1 rings (SSSR count). The molecule has 1 atom stereocenters. The molecule has 0 aliphatic heterocycles. The SMILES string of the molecule is CCC(CC)C(O)CNS(=O)(=O)c1ccc(C#N)cc1Cl. The Hall–Kier alpha value is -1.13. The van der Waals surface area contributed by atoms with Crippen molar-refractivity contribution in [3.8, 4) is 6.07 Å². The quantitative estimate of drug-likeness (QED) is 0.802. The van der Waals surface area contributed by atoms with E-state index >= 15 is 0 Å². The Morgan fingerprint density at radius 1 is 1.38 bits per heavy atom. The predicted octanol–water partition coefficient (Wildman–Crippen LogP) is 2.29. The maximum absolute atomic E-state index is 12.2. The fourth-order valence-corrected chi connectivity index (χ4v) is 3.65. The van der Waals surface area contributed by atoms with Gasteiger partial charge in [-0.3, -0.25) is 0 Å². The molecule has 0 aromatic heterocycles. The Bertz CT molecular complexity index is 622. The van der Waals surface area contributed by atoms with E-state index in [1.165, 1.54) is 18.2 Å². The van der Waals surface area contributed by atoms with E-state index in [9.17, 15) is 13.5 Å². The van der Waals surface area contributed by atoms with Crippen LogP contribution < -0.4 is 4.72 Å². The highest BCUT2D eigenvalue weighted by atomic mass is 35.5. The molecule has 0 saturated carbocycles. The number of halogens is 1. The van der Waals surface area contributed by atoms with Gasteiger partial charge in [-0.25, -0.2) is 13.1 Å². The molecule has 1 unspecified atom stereocenters. The van der Waals surface area contributed by atoms with E-state index in [4.69, 9.17) is 16.9 Å². The molecule has 0 fully saturated rings. The third-order valence-corrected chi connectivity index (χ3v) is 5.33. The minimum absolute atomic E-state index is 0.0152. The van der Waals surface area contributed by atoms with Crippen LogP contribution >= 0.6 is 11.6 Å². The largest absolute Gasteiger partial charge is 0.391 e. The van der Waals surface area contributed by atoms with Gasteiger partial charge in [0.15, 0.2) is 0 Å². The summed E-state index contributed by atoms with van der Waals surface area (Å²) in [6, 6.07) is 5.86. The molecular formula is C14H19ClN2O3S. The van der Waals surface area contributed by atoms with Crippen molar-refractivity contribution in [1.29, 1.82) is 5.26 Å². The van der Waals surface area contributed by atoms with Gasteiger partial charge in [0.25, 0.3) is 0 Å². The van der Waals surface area contributed by atoms with E-state index in [2.05, 4.69) is 4.72 Å². The zero-order valence-electron chi connectivity index (χ0n) is 12.0. The summed E-state index contributed by atoms with van der Waals surface area (Å²) in [4.78, 5) is -0.0973. The Morgan fingerprint density at radius 3 is 2.48 bits per heavy atom. The number of benzene rings is 1. The Kier molecular flexibility index (Phi) is 6.62. The van der Waals surface area contributed by atoms with Crippen LogP contribution in [0.1, 0.15) is 32.3 Å². The molecule has 0 spiro atoms. The molecule has 0 bridgehead atoms. The van der Waals surface area contributed by atoms with Crippen LogP contribution in [-0.4, -0.2) is 26.2 Å². The van der Waals surface area contributed by atoms with Gasteiger partial charge in [0.1, 0.15) is 4.90 Å². The molecule has 21 heavy (non-hydrogen) atoms. The number of rotatable bonds is 7. The number of nitrogens with zero attached hydrogens (tertiary/aromatic N) is 1. The van der Waals surface area contributed by atoms with Gasteiger partial charge in [0.2, 0.25) is 10.0 Å². The third kappa shape index (κ3) is 4.68. The second kappa shape index (κ2) is 7.76. The first-order chi connectivity index (χ1) is 9.85. The summed E-state index contributed by atoms with van der Waals surface area (Å²) in [5, 5.41) is 18.7. The van der Waals surface area contributed by atoms with Gasteiger partial charge >= 0.3 is 0 Å². The molecule has 0 aliphatic carbocycles. The molecule has 1 aromatic carbocycles. The van der Waals surface area contributed by atoms with E-state index in [0.29, 0.717) is 0 Å². The van der Waals surface area contributed by atoms with Gasteiger partial charge in [-0.2, -0.15) is 5.26 Å². The number of aliphatic hydroxyl groups is 1. The van der Waals surface area contributed by atoms with Crippen LogP contribution in [0.3, 0.4) is 0 Å². The summed E-state index contributed by atoms with van der Waals surface area (Å²) < 4.78 is 26.7. The molecule has 7 heteroatoms. The highest BCUT2D eigenvalue weighted by Gasteiger charge is 2.22. The number of nitrogens with one attached hydrogen (secondary N) is 1. The first-order valence-corrected chi connectivity index (χ1v) is 8.59. The topological polar surface area (TPSA) is 90.2 Å². The lowest BCUT2D eigenvalue weighted by molar-refractivity contribution is 0.107. The number of nitriles is 1. The second-order valence-corrected chi connectivity index (χ2v) is 6.90. The number of sulfonamides is 1. The number of hydrogen-bond donors (Lipinski definition) is 2. The third-order valence-electron chi connectivity index (χ3n) is 3.43. The van der Waals surface area contributed by atoms with Crippen molar-refractivity contribution in [1.82, 2.24) is 4.72 Å². The Morgan fingerprint density at radius 2 is 2.00 bits per heavy atom. The summed E-state index contributed by atoms with van der Waals surface area (Å²) in [6.07, 6.45) is 0.806. The van der Waals surface area contributed by atoms with Crippen LogP contribution in [0.2, 0.25) is 5.02 Å². The van der Waals surface area contributed by atoms with Crippen molar-refractivity contribution in [3.05, 3.63) is 28.8 Å². The molecule has 2 N–H and O–H groups in total. The van der Waals surface area contributed by atoms with Gasteiger partial charge in [0, 0.05) is 6.54 Å². The van der Waals surface area contributed by atoms with Crippen LogP contribution in [0, 0.1) is 17.2 Å². The van der Waals surface area contributed by atoms with Crippen molar-refractivity contribution < 1.29 is 13.5 Å². The van der Waals surface area contributed by atoms with Crippen LogP contribution in [0.25, 0.3) is 0 Å². The second-order valence-electron chi connectivity index (χ2n) is 4.75. The zero-order chi connectivity index (χ0) is 16.0. The van der Waals surface area contributed by atoms with Crippen molar-refractivity contribution >= 4 is 21.6 Å². The monoisotopic (exact) mass is 330 g/mol. The molecule has 0 amide bonds. The highest BCUT2D eigenvalue weighted by Crippen LogP contribution is 2.22. The average Bonchev–Trinajstić information content (AvgIpc) is 2.46. The molecule has 5 nitrogen and oxygen atoms in total. The van der Waals surface area contributed by atoms with E-state index in [1.54, 1.807) is 0 Å². The lowest BCUT2D eigenvalue weighted by Crippen LogP contribution is -2.36. The minimum atomic E-state index is -3.81. The number of aliphatic hydroxyl groups excluding tert-OH is 1. The standard InChI is InChI=1S/C14H19ClN2O3S/c1-3-11(4-2)13(18)9-17-21(19,20)14-6-5-10(8-16)7-12(14)15/h5-7,11,13,17-18H,3-4,9H2,1-2H3. The van der Waals surface area contributed by atoms with E-state index in [1.807, 2.05) is 19.9 Å². The smallest absolute Gasteiger partial charge is 0.242 e. The Labute approximate surface area is 130 Å². The first-order valence-electron chi connectivity index (χ1n) is 6.73. The van der Waals surface area contributed by atoms with Crippen LogP contribution in [0.5, 0.6) is 0 Å². The summed E-state index contributed by atoms with van der Waals surface area (Å²) in [6.45, 7) is 3.83. The maximum Gasteiger partial charge on any atom is 0.242 e. The lowest BCUT2D eigenvalue weighted by Gasteiger charge is -2.20. The normalized spacial score (nSPS) is 13.1. The van der Waals surface area contributed by atoms with Crippen LogP contribution in [0.4, 0.5) is 0 Å². The molecule has 1 aromatic rings. The van der Waals surface area contributed by atoms with Gasteiger partial charge in [-0.1, -0.05) is 38.3 Å². The predicted molar refractivity (Wildman–Crippen MR) is 81.4 cm³/mol. The van der Waals surface area contributed by atoms with E-state index < -0.39 is 16.1 Å². The van der Waals surface area contributed by atoms with Crippen LogP contribution in [0.15, 0.2) is 23.1 Å². The molecular weight excluding hydrogens is 312 g/mol. The number of hydrogen-bond acceptors (Lipinski definition) is 4. The van der Waals surface area contributed by atoms with Gasteiger partial charge in [-0.05, 0) is 24.1 Å². The van der Waals surface area contributed by atoms with Crippen molar-refractivity contribution in [2.45, 2.75) is 37.7 Å². The van der Waals surface area contributed by atoms with Crippen LogP contribution in [-0.2, 0) is 10.0 Å². The summed E-state index contributed by atoms with van der Waals surface area (Å²) in [5.74, 6) is 0.0455. The van der Waals surface area contributed by atoms with Gasteiger partial charge in [0.05, 0.1) is 22.8 Å². The van der Waals surface area contributed by atoms with Crippen molar-refractivity contribution in [3.63, 3.8) is 0 Å². The fourth-order valence-electron chi connectivity index (χ4n) is 2.06. The molecule has 0 radical (unpaired) electrons. The fraction of sp³-hybridized carbons (Fsp3) is 0.500. The maximum atomic E-state index is 12.2. The van der Waals surface area contributed by atoms with Crippen molar-refractivity contribution in [2.24, 2.45) is 5.92 Å². The zero-order valence-corrected chi connectivity index (χ0v) is 13.6. The average molecular weight is 331 g/mol. The summed E-state index contributed by atoms with van der Waals surface area (Å²) >= 11 is 5.89. The van der Waals surface area contributed by atoms with E-state index in [-0.39, 0.29) is 27.9 Å². The molecule has 0 aliphatic rings. The van der Waals surface area contributed by atoms with E-state index in [0.717, 1.165) is 12.8 Å². The molecule has 0 heterocycles. The first kappa shape index (κ1) is 17.9. The molecule has 116 valence electrons. The molecule has 0 saturated heterocycles. The summed E-state index contributed by atoms with van der Waals surface area (Å²) in [5.41, 5.74) is 0.288.